The van der Waals surface area contributed by atoms with Crippen LogP contribution in [0.3, 0.4) is 0 Å². The summed E-state index contributed by atoms with van der Waals surface area (Å²) >= 11 is 3.44. The quantitative estimate of drug-likeness (QED) is 0.819. The number of benzene rings is 1. The molecule has 0 saturated heterocycles. The lowest BCUT2D eigenvalue weighted by Crippen LogP contribution is -2.23. The minimum Gasteiger partial charge on any atom is -0.398 e. The van der Waals surface area contributed by atoms with Gasteiger partial charge in [-0.3, -0.25) is 4.98 Å². The molecule has 2 rings (SSSR count). The van der Waals surface area contributed by atoms with E-state index in [1.54, 1.807) is 6.20 Å². The van der Waals surface area contributed by atoms with Crippen LogP contribution in [0.15, 0.2) is 28.9 Å². The lowest BCUT2D eigenvalue weighted by Gasteiger charge is -2.22. The van der Waals surface area contributed by atoms with Gasteiger partial charge in [0.15, 0.2) is 0 Å². The van der Waals surface area contributed by atoms with E-state index in [0.29, 0.717) is 12.0 Å². The monoisotopic (exact) mass is 321 g/mol. The summed E-state index contributed by atoms with van der Waals surface area (Å²) in [6.07, 6.45) is 2.96. The van der Waals surface area contributed by atoms with Crippen molar-refractivity contribution in [1.29, 1.82) is 0 Å². The molecule has 2 atom stereocenters. The van der Waals surface area contributed by atoms with Gasteiger partial charge in [-0.15, -0.1) is 0 Å². The second kappa shape index (κ2) is 5.78. The van der Waals surface area contributed by atoms with E-state index in [1.165, 1.54) is 0 Å². The van der Waals surface area contributed by atoms with Crippen LogP contribution in [-0.2, 0) is 0 Å². The minimum absolute atomic E-state index is 0.405. The predicted molar refractivity (Wildman–Crippen MR) is 86.4 cm³/mol. The molecule has 0 aliphatic heterocycles. The van der Waals surface area contributed by atoms with Crippen LogP contribution in [0.4, 0.5) is 11.4 Å². The Labute approximate surface area is 122 Å². The van der Waals surface area contributed by atoms with Crippen LogP contribution in [0.1, 0.15) is 27.2 Å². The SMILES string of the molecule is CCC(C)C(C)Nc1ccc(N)c2cc(Br)cnc12. The molecule has 0 saturated carbocycles. The fourth-order valence-corrected chi connectivity index (χ4v) is 2.40. The maximum absolute atomic E-state index is 6.02. The van der Waals surface area contributed by atoms with Gasteiger partial charge in [-0.05, 0) is 47.0 Å². The van der Waals surface area contributed by atoms with Crippen molar-refractivity contribution in [2.45, 2.75) is 33.2 Å². The molecule has 3 N–H and O–H groups in total. The Morgan fingerprint density at radius 2 is 2.11 bits per heavy atom. The third-order valence-corrected chi connectivity index (χ3v) is 4.16. The van der Waals surface area contributed by atoms with Gasteiger partial charge in [0, 0.05) is 27.8 Å². The maximum atomic E-state index is 6.02. The van der Waals surface area contributed by atoms with E-state index in [1.807, 2.05) is 18.2 Å². The molecule has 19 heavy (non-hydrogen) atoms. The number of nitrogens with zero attached hydrogens (tertiary/aromatic N) is 1. The first kappa shape index (κ1) is 14.1. The Bertz CT molecular complexity index is 583. The first-order valence-electron chi connectivity index (χ1n) is 6.63. The summed E-state index contributed by atoms with van der Waals surface area (Å²) in [6.45, 7) is 6.66. The molecule has 1 aromatic carbocycles. The molecule has 102 valence electrons. The lowest BCUT2D eigenvalue weighted by atomic mass is 10.0. The molecule has 0 spiro atoms. The largest absolute Gasteiger partial charge is 0.398 e. The Hall–Kier alpha value is -1.29. The van der Waals surface area contributed by atoms with Crippen LogP contribution in [0, 0.1) is 5.92 Å². The van der Waals surface area contributed by atoms with E-state index < -0.39 is 0 Å². The molecule has 0 amide bonds. The number of aromatic nitrogens is 1. The highest BCUT2D eigenvalue weighted by atomic mass is 79.9. The molecule has 2 aromatic rings. The van der Waals surface area contributed by atoms with Gasteiger partial charge in [-0.25, -0.2) is 0 Å². The van der Waals surface area contributed by atoms with Crippen LogP contribution in [0.5, 0.6) is 0 Å². The zero-order valence-corrected chi connectivity index (χ0v) is 13.2. The van der Waals surface area contributed by atoms with E-state index in [4.69, 9.17) is 5.73 Å². The van der Waals surface area contributed by atoms with Crippen molar-refractivity contribution < 1.29 is 0 Å². The highest BCUT2D eigenvalue weighted by Crippen LogP contribution is 2.29. The van der Waals surface area contributed by atoms with Crippen LogP contribution in [0.2, 0.25) is 0 Å². The Kier molecular flexibility index (Phi) is 4.30. The average Bonchev–Trinajstić information content (AvgIpc) is 2.41. The summed E-state index contributed by atoms with van der Waals surface area (Å²) in [4.78, 5) is 4.49. The molecular formula is C15H20BrN3. The number of rotatable bonds is 4. The van der Waals surface area contributed by atoms with Crippen LogP contribution in [0.25, 0.3) is 10.9 Å². The predicted octanol–water partition coefficient (Wildman–Crippen LogP) is 4.43. The maximum Gasteiger partial charge on any atom is 0.0954 e. The fourth-order valence-electron chi connectivity index (χ4n) is 2.07. The fraction of sp³-hybridized carbons (Fsp3) is 0.400. The van der Waals surface area contributed by atoms with Gasteiger partial charge in [-0.1, -0.05) is 20.3 Å². The summed E-state index contributed by atoms with van der Waals surface area (Å²) in [6, 6.07) is 6.36. The third kappa shape index (κ3) is 3.00. The molecule has 1 heterocycles. The Morgan fingerprint density at radius 3 is 2.79 bits per heavy atom. The van der Waals surface area contributed by atoms with Crippen molar-refractivity contribution >= 4 is 38.2 Å². The van der Waals surface area contributed by atoms with Crippen LogP contribution < -0.4 is 11.1 Å². The van der Waals surface area contributed by atoms with Crippen molar-refractivity contribution in [3.05, 3.63) is 28.9 Å². The number of anilines is 2. The smallest absolute Gasteiger partial charge is 0.0954 e. The van der Waals surface area contributed by atoms with E-state index in [-0.39, 0.29) is 0 Å². The number of hydrogen-bond acceptors (Lipinski definition) is 3. The second-order valence-electron chi connectivity index (χ2n) is 5.07. The summed E-state index contributed by atoms with van der Waals surface area (Å²) in [5, 5.41) is 4.53. The zero-order valence-electron chi connectivity index (χ0n) is 11.6. The van der Waals surface area contributed by atoms with Gasteiger partial charge in [0.1, 0.15) is 0 Å². The Balaban J connectivity index is 2.42. The van der Waals surface area contributed by atoms with E-state index in [0.717, 1.165) is 33.2 Å². The first-order chi connectivity index (χ1) is 9.02. The summed E-state index contributed by atoms with van der Waals surface area (Å²) in [7, 11) is 0. The van der Waals surface area contributed by atoms with Crippen LogP contribution >= 0.6 is 15.9 Å². The van der Waals surface area contributed by atoms with Gasteiger partial charge in [0.25, 0.3) is 0 Å². The topological polar surface area (TPSA) is 50.9 Å². The molecule has 0 aliphatic carbocycles. The number of hydrogen-bond donors (Lipinski definition) is 2. The number of halogens is 1. The van der Waals surface area contributed by atoms with Crippen molar-refractivity contribution in [3.8, 4) is 0 Å². The highest BCUT2D eigenvalue weighted by Gasteiger charge is 2.13. The lowest BCUT2D eigenvalue weighted by molar-refractivity contribution is 0.495. The van der Waals surface area contributed by atoms with E-state index >= 15 is 0 Å². The first-order valence-corrected chi connectivity index (χ1v) is 7.42. The Morgan fingerprint density at radius 1 is 1.37 bits per heavy atom. The zero-order chi connectivity index (χ0) is 14.0. The van der Waals surface area contributed by atoms with Crippen LogP contribution in [-0.4, -0.2) is 11.0 Å². The summed E-state index contributed by atoms with van der Waals surface area (Å²) < 4.78 is 0.943. The highest BCUT2D eigenvalue weighted by molar-refractivity contribution is 9.10. The second-order valence-corrected chi connectivity index (χ2v) is 5.99. The number of fused-ring (bicyclic) bond motifs is 1. The molecule has 0 aliphatic rings. The van der Waals surface area contributed by atoms with Crippen molar-refractivity contribution in [3.63, 3.8) is 0 Å². The van der Waals surface area contributed by atoms with Gasteiger partial charge < -0.3 is 11.1 Å². The molecule has 2 unspecified atom stereocenters. The average molecular weight is 322 g/mol. The number of nitrogens with two attached hydrogens (primary N) is 1. The normalized spacial score (nSPS) is 14.3. The minimum atomic E-state index is 0.405. The van der Waals surface area contributed by atoms with Gasteiger partial charge >= 0.3 is 0 Å². The number of pyridine rings is 1. The third-order valence-electron chi connectivity index (χ3n) is 3.73. The number of nitrogen functional groups attached to an aromatic ring is 1. The van der Waals surface area contributed by atoms with Gasteiger partial charge in [0.05, 0.1) is 11.2 Å². The molecular weight excluding hydrogens is 302 g/mol. The molecule has 4 heteroatoms. The van der Waals surface area contributed by atoms with Crippen molar-refractivity contribution in [2.24, 2.45) is 5.92 Å². The van der Waals surface area contributed by atoms with Crippen molar-refractivity contribution in [1.82, 2.24) is 4.98 Å². The van der Waals surface area contributed by atoms with Gasteiger partial charge in [0.2, 0.25) is 0 Å². The molecule has 0 radical (unpaired) electrons. The van der Waals surface area contributed by atoms with E-state index in [9.17, 15) is 0 Å². The van der Waals surface area contributed by atoms with E-state index in [2.05, 4.69) is 47.0 Å². The molecule has 1 aromatic heterocycles. The summed E-state index contributed by atoms with van der Waals surface area (Å²) in [5.74, 6) is 0.614. The summed E-state index contributed by atoms with van der Waals surface area (Å²) in [5.41, 5.74) is 8.75. The molecule has 0 fully saturated rings. The number of nitrogens with one attached hydrogen (secondary N) is 1. The standard InChI is InChI=1S/C15H20BrN3/c1-4-9(2)10(3)19-14-6-5-13(17)12-7-11(16)8-18-15(12)14/h5-10,19H,4,17H2,1-3H3. The molecule has 3 nitrogen and oxygen atoms in total. The molecule has 0 bridgehead atoms. The van der Waals surface area contributed by atoms with Gasteiger partial charge in [-0.2, -0.15) is 0 Å². The van der Waals surface area contributed by atoms with Crippen molar-refractivity contribution in [2.75, 3.05) is 11.1 Å².